The number of carbonyl (C=O) groups excluding carboxylic acids is 1. The minimum Gasteiger partial charge on any atom is -0.480 e. The molecule has 102 valence electrons. The van der Waals surface area contributed by atoms with Crippen molar-refractivity contribution in [2.75, 3.05) is 13.1 Å². The Balaban J connectivity index is 2.48. The summed E-state index contributed by atoms with van der Waals surface area (Å²) in [5, 5.41) is 11.5. The van der Waals surface area contributed by atoms with E-state index in [1.165, 1.54) is 25.3 Å². The zero-order chi connectivity index (χ0) is 13.5. The molecule has 1 aliphatic rings. The molecule has 0 aromatic rings. The van der Waals surface area contributed by atoms with E-state index in [2.05, 4.69) is 11.9 Å². The van der Waals surface area contributed by atoms with Gasteiger partial charge >= 0.3 is 12.0 Å². The lowest BCUT2D eigenvalue weighted by molar-refractivity contribution is -0.139. The third-order valence-electron chi connectivity index (χ3n) is 3.37. The minimum atomic E-state index is -1.03. The number of urea groups is 1. The maximum atomic E-state index is 12.0. The van der Waals surface area contributed by atoms with Gasteiger partial charge in [0.25, 0.3) is 0 Å². The van der Waals surface area contributed by atoms with E-state index in [9.17, 15) is 9.59 Å². The van der Waals surface area contributed by atoms with Gasteiger partial charge in [-0.25, -0.2) is 9.59 Å². The van der Waals surface area contributed by atoms with E-state index in [0.717, 1.165) is 6.54 Å². The summed E-state index contributed by atoms with van der Waals surface area (Å²) in [7, 11) is 0. The predicted octanol–water partition coefficient (Wildman–Crippen LogP) is 1.85. The van der Waals surface area contributed by atoms with Crippen LogP contribution in [0, 0.1) is 5.92 Å². The molecule has 0 aromatic heterocycles. The van der Waals surface area contributed by atoms with Crippen LogP contribution in [0.4, 0.5) is 4.79 Å². The average Bonchev–Trinajstić information content (AvgIpc) is 2.26. The number of carboxylic acid groups (broad SMARTS) is 1. The number of amides is 2. The molecular formula is C13H22N2O3. The van der Waals surface area contributed by atoms with Crippen molar-refractivity contribution < 1.29 is 14.7 Å². The molecule has 1 saturated carbocycles. The van der Waals surface area contributed by atoms with Gasteiger partial charge in [-0.1, -0.05) is 12.5 Å². The maximum absolute atomic E-state index is 12.0. The predicted molar refractivity (Wildman–Crippen MR) is 69.4 cm³/mol. The Morgan fingerprint density at radius 3 is 2.61 bits per heavy atom. The first-order chi connectivity index (χ1) is 8.58. The second-order valence-electron chi connectivity index (χ2n) is 4.70. The quantitative estimate of drug-likeness (QED) is 0.681. The molecule has 5 heteroatoms. The molecule has 0 spiro atoms. The maximum Gasteiger partial charge on any atom is 0.326 e. The van der Waals surface area contributed by atoms with Crippen LogP contribution in [0.15, 0.2) is 12.7 Å². The van der Waals surface area contributed by atoms with Crippen molar-refractivity contribution in [2.45, 2.75) is 38.6 Å². The molecule has 0 heterocycles. The van der Waals surface area contributed by atoms with Gasteiger partial charge in [0.2, 0.25) is 0 Å². The van der Waals surface area contributed by atoms with Gasteiger partial charge in [0, 0.05) is 13.1 Å². The second kappa shape index (κ2) is 7.03. The lowest BCUT2D eigenvalue weighted by Gasteiger charge is -2.32. The summed E-state index contributed by atoms with van der Waals surface area (Å²) in [4.78, 5) is 24.6. The van der Waals surface area contributed by atoms with E-state index >= 15 is 0 Å². The van der Waals surface area contributed by atoms with Crippen molar-refractivity contribution >= 4 is 12.0 Å². The molecule has 0 aliphatic heterocycles. The van der Waals surface area contributed by atoms with Crippen LogP contribution in [-0.4, -0.2) is 41.1 Å². The van der Waals surface area contributed by atoms with Crippen LogP contribution in [0.2, 0.25) is 0 Å². The fourth-order valence-electron chi connectivity index (χ4n) is 1.97. The number of hydrogen-bond donors (Lipinski definition) is 2. The van der Waals surface area contributed by atoms with Crippen LogP contribution in [0.5, 0.6) is 0 Å². The number of carbonyl (C=O) groups is 2. The van der Waals surface area contributed by atoms with Crippen LogP contribution in [0.25, 0.3) is 0 Å². The Labute approximate surface area is 108 Å². The number of rotatable bonds is 7. The Kier molecular flexibility index (Phi) is 5.68. The lowest BCUT2D eigenvalue weighted by Crippen LogP contribution is -2.49. The average molecular weight is 254 g/mol. The van der Waals surface area contributed by atoms with Crippen LogP contribution in [-0.2, 0) is 4.79 Å². The first kappa shape index (κ1) is 14.5. The van der Waals surface area contributed by atoms with Gasteiger partial charge in [-0.3, -0.25) is 0 Å². The van der Waals surface area contributed by atoms with Gasteiger partial charge in [0.05, 0.1) is 0 Å². The zero-order valence-corrected chi connectivity index (χ0v) is 10.9. The van der Waals surface area contributed by atoms with Gasteiger partial charge < -0.3 is 15.3 Å². The van der Waals surface area contributed by atoms with Crippen LogP contribution in [0.3, 0.4) is 0 Å². The van der Waals surface area contributed by atoms with Crippen molar-refractivity contribution in [2.24, 2.45) is 5.92 Å². The van der Waals surface area contributed by atoms with Gasteiger partial charge in [0.1, 0.15) is 6.04 Å². The summed E-state index contributed by atoms with van der Waals surface area (Å²) < 4.78 is 0. The Morgan fingerprint density at radius 2 is 2.22 bits per heavy atom. The Bertz CT molecular complexity index is 313. The van der Waals surface area contributed by atoms with Gasteiger partial charge in [-0.2, -0.15) is 0 Å². The van der Waals surface area contributed by atoms with Crippen molar-refractivity contribution in [3.63, 3.8) is 0 Å². The van der Waals surface area contributed by atoms with Crippen LogP contribution in [0.1, 0.15) is 32.6 Å². The van der Waals surface area contributed by atoms with Gasteiger partial charge in [0.15, 0.2) is 0 Å². The minimum absolute atomic E-state index is 0.238. The zero-order valence-electron chi connectivity index (χ0n) is 10.9. The topological polar surface area (TPSA) is 69.6 Å². The molecular weight excluding hydrogens is 232 g/mol. The molecule has 1 unspecified atom stereocenters. The summed E-state index contributed by atoms with van der Waals surface area (Å²) in [5.41, 5.74) is 0. The molecule has 0 saturated heterocycles. The highest BCUT2D eigenvalue weighted by Crippen LogP contribution is 2.27. The van der Waals surface area contributed by atoms with E-state index in [1.54, 1.807) is 4.90 Å². The molecule has 2 N–H and O–H groups in total. The first-order valence-electron chi connectivity index (χ1n) is 6.47. The van der Waals surface area contributed by atoms with Crippen LogP contribution < -0.4 is 5.32 Å². The number of hydrogen-bond acceptors (Lipinski definition) is 2. The normalized spacial score (nSPS) is 16.5. The molecule has 1 rings (SSSR count). The Morgan fingerprint density at radius 1 is 1.56 bits per heavy atom. The van der Waals surface area contributed by atoms with Crippen molar-refractivity contribution in [3.8, 4) is 0 Å². The lowest BCUT2D eigenvalue weighted by atomic mass is 9.85. The molecule has 1 aliphatic carbocycles. The summed E-state index contributed by atoms with van der Waals surface area (Å²) in [5.74, 6) is -0.443. The van der Waals surface area contributed by atoms with Gasteiger partial charge in [-0.05, 0) is 32.1 Å². The molecule has 2 amide bonds. The van der Waals surface area contributed by atoms with Crippen molar-refractivity contribution in [3.05, 3.63) is 12.7 Å². The fraction of sp³-hybridized carbons (Fsp3) is 0.692. The fourth-order valence-corrected chi connectivity index (χ4v) is 1.97. The molecule has 1 fully saturated rings. The summed E-state index contributed by atoms with van der Waals surface area (Å²) in [6.45, 7) is 6.73. The van der Waals surface area contributed by atoms with E-state index in [4.69, 9.17) is 5.11 Å². The molecule has 5 nitrogen and oxygen atoms in total. The largest absolute Gasteiger partial charge is 0.480 e. The first-order valence-corrected chi connectivity index (χ1v) is 6.47. The highest BCUT2D eigenvalue weighted by molar-refractivity contribution is 5.82. The van der Waals surface area contributed by atoms with Crippen LogP contribution >= 0.6 is 0 Å². The number of aliphatic carboxylic acids is 1. The number of nitrogens with one attached hydrogen (secondary N) is 1. The van der Waals surface area contributed by atoms with Crippen molar-refractivity contribution in [1.29, 1.82) is 0 Å². The summed E-state index contributed by atoms with van der Waals surface area (Å²) in [6.07, 6.45) is 5.30. The second-order valence-corrected chi connectivity index (χ2v) is 4.70. The van der Waals surface area contributed by atoms with E-state index in [0.29, 0.717) is 12.5 Å². The standard InChI is InChI=1S/C13H22N2O3/c1-3-6-11(12(16)17)14-13(18)15(4-2)9-10-7-5-8-10/h3,10-11H,1,4-9H2,2H3,(H,14,18)(H,16,17). The van der Waals surface area contributed by atoms with E-state index in [-0.39, 0.29) is 12.5 Å². The molecule has 0 radical (unpaired) electrons. The van der Waals surface area contributed by atoms with E-state index < -0.39 is 12.0 Å². The highest BCUT2D eigenvalue weighted by Gasteiger charge is 2.25. The van der Waals surface area contributed by atoms with Crippen molar-refractivity contribution in [1.82, 2.24) is 10.2 Å². The number of carboxylic acids is 1. The third kappa shape index (κ3) is 4.05. The molecule has 0 bridgehead atoms. The number of nitrogens with zero attached hydrogens (tertiary/aromatic N) is 1. The SMILES string of the molecule is C=CCC(NC(=O)N(CC)CC1CCC1)C(=O)O. The monoisotopic (exact) mass is 254 g/mol. The molecule has 18 heavy (non-hydrogen) atoms. The molecule has 1 atom stereocenters. The van der Waals surface area contributed by atoms with Gasteiger partial charge in [-0.15, -0.1) is 6.58 Å². The molecule has 0 aromatic carbocycles. The highest BCUT2D eigenvalue weighted by atomic mass is 16.4. The van der Waals surface area contributed by atoms with E-state index in [1.807, 2.05) is 6.92 Å². The smallest absolute Gasteiger partial charge is 0.326 e. The Hall–Kier alpha value is -1.52. The summed E-state index contributed by atoms with van der Waals surface area (Å²) in [6, 6.07) is -1.18. The third-order valence-corrected chi connectivity index (χ3v) is 3.37. The summed E-state index contributed by atoms with van der Waals surface area (Å²) >= 11 is 0.